The van der Waals surface area contributed by atoms with E-state index in [-0.39, 0.29) is 24.2 Å². The quantitative estimate of drug-likeness (QED) is 0.766. The monoisotopic (exact) mass is 282 g/mol. The molecule has 0 aliphatic heterocycles. The lowest BCUT2D eigenvalue weighted by Crippen LogP contribution is -2.22. The van der Waals surface area contributed by atoms with Gasteiger partial charge in [-0.05, 0) is 66.9 Å². The van der Waals surface area contributed by atoms with Crippen molar-refractivity contribution in [2.45, 2.75) is 32.5 Å². The Bertz CT molecular complexity index is 787. The van der Waals surface area contributed by atoms with Crippen LogP contribution in [-0.4, -0.2) is 12.6 Å². The van der Waals surface area contributed by atoms with Gasteiger partial charge in [0.2, 0.25) is 0 Å². The van der Waals surface area contributed by atoms with Crippen LogP contribution in [0.3, 0.4) is 0 Å². The maximum atomic E-state index is 12.5. The molecule has 0 heterocycles. The lowest BCUT2D eigenvalue weighted by molar-refractivity contribution is -0.147. The van der Waals surface area contributed by atoms with Crippen molar-refractivity contribution in [2.24, 2.45) is 5.92 Å². The number of halogens is 1. The molecule has 0 fully saturated rings. The standard InChI is InChI=1S/C16H17ClO2/c1-2-19-16(18)13-5-3-4-12-14-9-11(17)7-6-10(14)8-15(12)13/h6-7,9,13H,2-5,8H2,1H3/i3D2,4D2,5D2. The summed E-state index contributed by atoms with van der Waals surface area (Å²) in [6.45, 7) is 1.62. The molecule has 0 bridgehead atoms. The van der Waals surface area contributed by atoms with Gasteiger partial charge in [0.1, 0.15) is 0 Å². The van der Waals surface area contributed by atoms with Crippen molar-refractivity contribution < 1.29 is 17.8 Å². The molecular weight excluding hydrogens is 260 g/mol. The second kappa shape index (κ2) is 5.01. The van der Waals surface area contributed by atoms with Crippen LogP contribution in [0.5, 0.6) is 0 Å². The number of carbonyl (C=O) groups is 1. The number of ether oxygens (including phenoxy) is 1. The van der Waals surface area contributed by atoms with E-state index in [1.807, 2.05) is 0 Å². The first-order valence-corrected chi connectivity index (χ1v) is 6.53. The lowest BCUT2D eigenvalue weighted by atomic mass is 9.83. The molecule has 0 saturated carbocycles. The third-order valence-electron chi connectivity index (χ3n) is 3.32. The second-order valence-corrected chi connectivity index (χ2v) is 4.89. The minimum absolute atomic E-state index is 0.0168. The summed E-state index contributed by atoms with van der Waals surface area (Å²) in [6.07, 6.45) is -8.14. The Morgan fingerprint density at radius 2 is 2.42 bits per heavy atom. The van der Waals surface area contributed by atoms with Gasteiger partial charge in [0, 0.05) is 13.2 Å². The van der Waals surface area contributed by atoms with Gasteiger partial charge >= 0.3 is 5.97 Å². The summed E-state index contributed by atoms with van der Waals surface area (Å²) in [5.41, 5.74) is 1.38. The van der Waals surface area contributed by atoms with E-state index in [1.54, 1.807) is 19.1 Å². The Morgan fingerprint density at radius 3 is 3.21 bits per heavy atom. The summed E-state index contributed by atoms with van der Waals surface area (Å²) < 4.78 is 54.5. The maximum absolute atomic E-state index is 12.5. The predicted octanol–water partition coefficient (Wildman–Crippen LogP) is 4.01. The molecule has 0 amide bonds. The van der Waals surface area contributed by atoms with Crippen LogP contribution < -0.4 is 0 Å². The zero-order chi connectivity index (χ0) is 18.8. The first kappa shape index (κ1) is 7.49. The molecule has 3 heteroatoms. The first-order chi connectivity index (χ1) is 11.5. The predicted molar refractivity (Wildman–Crippen MR) is 76.1 cm³/mol. The number of rotatable bonds is 2. The topological polar surface area (TPSA) is 26.3 Å². The van der Waals surface area contributed by atoms with Gasteiger partial charge in [-0.25, -0.2) is 0 Å². The van der Waals surface area contributed by atoms with Crippen LogP contribution in [0.25, 0.3) is 5.57 Å². The Morgan fingerprint density at radius 1 is 1.58 bits per heavy atom. The smallest absolute Gasteiger partial charge is 0.313 e. The Kier molecular flexibility index (Phi) is 1.97. The summed E-state index contributed by atoms with van der Waals surface area (Å²) in [6, 6.07) is 4.87. The van der Waals surface area contributed by atoms with Crippen molar-refractivity contribution in [1.82, 2.24) is 0 Å². The molecule has 3 rings (SSSR count). The molecule has 100 valence electrons. The molecule has 0 saturated heterocycles. The van der Waals surface area contributed by atoms with E-state index in [0.29, 0.717) is 16.1 Å². The molecule has 2 nitrogen and oxygen atoms in total. The highest BCUT2D eigenvalue weighted by molar-refractivity contribution is 6.30. The van der Waals surface area contributed by atoms with Gasteiger partial charge in [-0.15, -0.1) is 0 Å². The zero-order valence-electron chi connectivity index (χ0n) is 16.4. The van der Waals surface area contributed by atoms with Gasteiger partial charge < -0.3 is 4.74 Å². The summed E-state index contributed by atoms with van der Waals surface area (Å²) in [4.78, 5) is 12.5. The van der Waals surface area contributed by atoms with Crippen LogP contribution in [0.2, 0.25) is 5.02 Å². The number of hydrogen-bond acceptors (Lipinski definition) is 2. The fraction of sp³-hybridized carbons (Fsp3) is 0.438. The van der Waals surface area contributed by atoms with Crippen LogP contribution in [0.4, 0.5) is 0 Å². The van der Waals surface area contributed by atoms with E-state index in [9.17, 15) is 4.79 Å². The van der Waals surface area contributed by atoms with Crippen molar-refractivity contribution in [2.75, 3.05) is 6.61 Å². The Labute approximate surface area is 126 Å². The summed E-state index contributed by atoms with van der Waals surface area (Å²) >= 11 is 6.02. The molecular formula is C16H17ClO2. The first-order valence-electron chi connectivity index (χ1n) is 9.15. The highest BCUT2D eigenvalue weighted by Gasteiger charge is 2.34. The summed E-state index contributed by atoms with van der Waals surface area (Å²) in [5, 5.41) is 0.366. The fourth-order valence-corrected chi connectivity index (χ4v) is 2.65. The maximum Gasteiger partial charge on any atom is 0.313 e. The van der Waals surface area contributed by atoms with E-state index >= 15 is 0 Å². The van der Waals surface area contributed by atoms with Gasteiger partial charge in [-0.2, -0.15) is 0 Å². The van der Waals surface area contributed by atoms with E-state index < -0.39 is 31.0 Å². The van der Waals surface area contributed by atoms with Crippen LogP contribution in [-0.2, 0) is 16.0 Å². The van der Waals surface area contributed by atoms with Crippen molar-refractivity contribution in [3.05, 3.63) is 39.9 Å². The van der Waals surface area contributed by atoms with Crippen molar-refractivity contribution in [3.63, 3.8) is 0 Å². The molecule has 0 aromatic heterocycles. The van der Waals surface area contributed by atoms with Crippen LogP contribution in [0.1, 0.15) is 45.4 Å². The van der Waals surface area contributed by atoms with Crippen molar-refractivity contribution in [1.29, 1.82) is 0 Å². The molecule has 0 radical (unpaired) electrons. The molecule has 2 aliphatic rings. The number of hydrogen-bond donors (Lipinski definition) is 0. The van der Waals surface area contributed by atoms with Gasteiger partial charge in [0.05, 0.1) is 12.5 Å². The van der Waals surface area contributed by atoms with Crippen LogP contribution >= 0.6 is 11.6 Å². The summed E-state index contributed by atoms with van der Waals surface area (Å²) in [7, 11) is 0. The van der Waals surface area contributed by atoms with Crippen molar-refractivity contribution >= 4 is 23.1 Å². The van der Waals surface area contributed by atoms with E-state index in [2.05, 4.69) is 0 Å². The van der Waals surface area contributed by atoms with Gasteiger partial charge in [-0.1, -0.05) is 17.7 Å². The normalized spacial score (nSPS) is 33.7. The highest BCUT2D eigenvalue weighted by Crippen LogP contribution is 2.45. The second-order valence-electron chi connectivity index (χ2n) is 4.46. The average molecular weight is 283 g/mol. The minimum Gasteiger partial charge on any atom is -0.466 e. The zero-order valence-corrected chi connectivity index (χ0v) is 11.2. The van der Waals surface area contributed by atoms with Crippen molar-refractivity contribution in [3.8, 4) is 0 Å². The number of allylic oxidation sites excluding steroid dienone is 1. The number of esters is 1. The van der Waals surface area contributed by atoms with Gasteiger partial charge in [-0.3, -0.25) is 4.79 Å². The van der Waals surface area contributed by atoms with Crippen LogP contribution in [0, 0.1) is 5.92 Å². The van der Waals surface area contributed by atoms with Gasteiger partial charge in [0.25, 0.3) is 0 Å². The largest absolute Gasteiger partial charge is 0.466 e. The Hall–Kier alpha value is -1.28. The van der Waals surface area contributed by atoms with E-state index in [1.165, 1.54) is 6.07 Å². The lowest BCUT2D eigenvalue weighted by Gasteiger charge is -2.23. The summed E-state index contributed by atoms with van der Waals surface area (Å²) in [5.74, 6) is -2.38. The molecule has 1 aromatic rings. The molecule has 1 atom stereocenters. The molecule has 1 aromatic carbocycles. The SMILES string of the molecule is [2H]C1([2H])C2=C(Cc3ccc(Cl)cc32)C(C(=O)OCC)C([2H])([2H])C1([2H])[2H]. The van der Waals surface area contributed by atoms with E-state index in [4.69, 9.17) is 24.6 Å². The molecule has 1 unspecified atom stereocenters. The fourth-order valence-electron chi connectivity index (χ4n) is 2.48. The van der Waals surface area contributed by atoms with Gasteiger partial charge in [0.15, 0.2) is 0 Å². The average Bonchev–Trinajstić information content (AvgIpc) is 2.84. The number of fused-ring (bicyclic) bond motifs is 2. The molecule has 2 aliphatic carbocycles. The molecule has 0 spiro atoms. The number of carbonyl (C=O) groups excluding carboxylic acids is 1. The third kappa shape index (κ3) is 2.18. The molecule has 0 N–H and O–H groups in total. The Balaban J connectivity index is 2.30. The molecule has 19 heavy (non-hydrogen) atoms. The highest BCUT2D eigenvalue weighted by atomic mass is 35.5. The third-order valence-corrected chi connectivity index (χ3v) is 3.55. The van der Waals surface area contributed by atoms with Crippen LogP contribution in [0.15, 0.2) is 23.8 Å². The minimum atomic E-state index is -2.93. The van der Waals surface area contributed by atoms with E-state index in [0.717, 1.165) is 0 Å². The number of benzene rings is 1.